The molecule has 470 valence electrons. The second kappa shape index (κ2) is 33.3. The van der Waals surface area contributed by atoms with Gasteiger partial charge in [-0.1, -0.05) is 53.7 Å². The van der Waals surface area contributed by atoms with Gasteiger partial charge in [0.2, 0.25) is 53.2 Å². The number of aliphatic carboxylic acids is 3. The third-order valence-electron chi connectivity index (χ3n) is 14.2. The van der Waals surface area contributed by atoms with Crippen molar-refractivity contribution in [3.05, 3.63) is 48.0 Å². The number of hydrogen-bond acceptors (Lipinski definition) is 16. The second-order valence-corrected chi connectivity index (χ2v) is 22.9. The highest BCUT2D eigenvalue weighted by Gasteiger charge is 2.41. The number of benzene rings is 1. The number of rotatable bonds is 34. The highest BCUT2D eigenvalue weighted by Crippen LogP contribution is 2.22. The van der Waals surface area contributed by atoms with Gasteiger partial charge in [-0.2, -0.15) is 0 Å². The first kappa shape index (κ1) is 69.3. The number of hydrogen-bond donors (Lipinski definition) is 15. The number of aromatic amines is 1. The normalized spacial score (nSPS) is 18.1. The third-order valence-corrected chi connectivity index (χ3v) is 14.2. The van der Waals surface area contributed by atoms with Gasteiger partial charge in [-0.15, -0.1) is 0 Å². The number of carbonyl (C=O) groups is 12. The van der Waals surface area contributed by atoms with Gasteiger partial charge in [0, 0.05) is 37.7 Å². The minimum absolute atomic E-state index is 0.0277. The van der Waals surface area contributed by atoms with Crippen molar-refractivity contribution in [2.24, 2.45) is 17.8 Å². The van der Waals surface area contributed by atoms with Gasteiger partial charge in [-0.05, 0) is 100 Å². The van der Waals surface area contributed by atoms with Gasteiger partial charge in [-0.3, -0.25) is 52.7 Å². The number of carboxylic acids is 3. The lowest BCUT2D eigenvalue weighted by atomic mass is 9.99. The maximum atomic E-state index is 14.5. The van der Waals surface area contributed by atoms with Crippen molar-refractivity contribution in [1.82, 2.24) is 62.7 Å². The summed E-state index contributed by atoms with van der Waals surface area (Å²) in [5.41, 5.74) is 0.656. The van der Waals surface area contributed by atoms with Crippen molar-refractivity contribution >= 4 is 71.1 Å². The number of aromatic nitrogens is 2. The summed E-state index contributed by atoms with van der Waals surface area (Å²) in [6.45, 7) is 12.5. The van der Waals surface area contributed by atoms with E-state index in [2.05, 4.69) is 57.8 Å². The van der Waals surface area contributed by atoms with Crippen LogP contribution < -0.4 is 47.9 Å². The molecule has 15 N–H and O–H groups in total. The maximum absolute atomic E-state index is 14.5. The molecule has 0 aliphatic carbocycles. The molecule has 0 unspecified atom stereocenters. The summed E-state index contributed by atoms with van der Waals surface area (Å²) >= 11 is 0. The molecule has 3 heterocycles. The number of likely N-dealkylation sites (tertiary alicyclic amines) is 1. The molecule has 4 rings (SSSR count). The number of nitrogens with one attached hydrogen (secondary N) is 10. The molecule has 11 atom stereocenters. The Balaban J connectivity index is 1.59. The SMILES string of the molecule is CC(C)C[C@H](NC(=O)[C@H](CC(=O)O)NC(=O)[C@H](Cc1ccc(O)cc1)NC(=O)[C@H](CC(C)C)NC(=O)[C@H](CCC(=O)O)NC(=O)[C@H](Cc1cnc[nH]1)NC(=O)[C@H](CC(C)C)NC(=O)[C@@H](NC(=O)[C@@H]1CCCN1C(=O)[C@@H]1CCCN1)[C@@H](C)O)C(=O)O. The molecule has 1 aromatic heterocycles. The van der Waals surface area contributed by atoms with Crippen LogP contribution in [0.15, 0.2) is 36.8 Å². The maximum Gasteiger partial charge on any atom is 0.326 e. The van der Waals surface area contributed by atoms with Gasteiger partial charge < -0.3 is 83.3 Å². The Morgan fingerprint density at radius 2 is 1.08 bits per heavy atom. The zero-order chi connectivity index (χ0) is 63.2. The first-order valence-corrected chi connectivity index (χ1v) is 28.6. The molecule has 29 nitrogen and oxygen atoms in total. The number of imidazole rings is 1. The third kappa shape index (κ3) is 22.7. The molecule has 0 radical (unpaired) electrons. The van der Waals surface area contributed by atoms with Crippen LogP contribution in [-0.2, 0) is 70.4 Å². The standard InChI is InChI=1S/C56H84N12O17/c1-28(2)20-37(48(76)62-39(23-32-12-14-34(70)15-13-32)50(78)64-41(25-45(73)74)52(80)66-42(56(84)85)22-30(5)6)61-47(75)35(16-17-44(71)72)60-51(79)40(24-33-26-57-27-59-33)63-49(77)38(21-29(3)4)65-54(82)46(31(7)69)67-53(81)43-11-9-19-68(43)55(83)36-10-8-18-58-36/h12-15,26-31,35-43,46,58,69-70H,8-11,16-25H2,1-7H3,(H,57,59)(H,60,79)(H,61,75)(H,62,76)(H,63,77)(H,64,78)(H,65,82)(H,66,80)(H,67,81)(H,71,72)(H,73,74)(H,84,85)/t31-,35+,36+,37+,38+,39+,40+,41+,42+,43+,46+/m1/s1. The topological polar surface area (TPSA) is 446 Å². The lowest BCUT2D eigenvalue weighted by Crippen LogP contribution is -2.62. The number of phenolic OH excluding ortho intramolecular Hbond substituents is 1. The number of aliphatic hydroxyl groups excluding tert-OH is 1. The monoisotopic (exact) mass is 1200 g/mol. The lowest BCUT2D eigenvalue weighted by molar-refractivity contribution is -0.144. The second-order valence-electron chi connectivity index (χ2n) is 22.9. The average molecular weight is 1200 g/mol. The predicted molar refractivity (Wildman–Crippen MR) is 302 cm³/mol. The van der Waals surface area contributed by atoms with Crippen LogP contribution in [0.25, 0.3) is 0 Å². The Labute approximate surface area is 492 Å². The molecule has 2 aliphatic heterocycles. The molecule has 85 heavy (non-hydrogen) atoms. The molecule has 0 spiro atoms. The fraction of sp³-hybridized carbons (Fsp3) is 0.625. The van der Waals surface area contributed by atoms with Crippen LogP contribution in [-0.4, -0.2) is 191 Å². The van der Waals surface area contributed by atoms with Gasteiger partial charge in [0.1, 0.15) is 60.1 Å². The number of amides is 9. The predicted octanol–water partition coefficient (Wildman–Crippen LogP) is -1.53. The summed E-state index contributed by atoms with van der Waals surface area (Å²) in [5.74, 6) is -13.5. The first-order valence-electron chi connectivity index (χ1n) is 28.6. The summed E-state index contributed by atoms with van der Waals surface area (Å²) in [5, 5.41) is 73.0. The Hall–Kier alpha value is -8.21. The number of H-pyrrole nitrogens is 1. The van der Waals surface area contributed by atoms with Crippen LogP contribution in [0.3, 0.4) is 0 Å². The number of carboxylic acid groups (broad SMARTS) is 3. The number of carbonyl (C=O) groups excluding carboxylic acids is 9. The van der Waals surface area contributed by atoms with Gasteiger partial charge in [0.15, 0.2) is 0 Å². The summed E-state index contributed by atoms with van der Waals surface area (Å²) in [7, 11) is 0. The van der Waals surface area contributed by atoms with E-state index in [-0.39, 0.29) is 61.5 Å². The summed E-state index contributed by atoms with van der Waals surface area (Å²) in [6, 6.07) is -8.70. The van der Waals surface area contributed by atoms with E-state index < -0.39 is 151 Å². The number of phenols is 1. The zero-order valence-electron chi connectivity index (χ0n) is 49.0. The molecular formula is C56H84N12O17. The molecule has 2 saturated heterocycles. The van der Waals surface area contributed by atoms with E-state index in [4.69, 9.17) is 0 Å². The highest BCUT2D eigenvalue weighted by atomic mass is 16.4. The van der Waals surface area contributed by atoms with Crippen molar-refractivity contribution in [3.63, 3.8) is 0 Å². The smallest absolute Gasteiger partial charge is 0.326 e. The Kier molecular flexibility index (Phi) is 27.2. The van der Waals surface area contributed by atoms with E-state index in [1.165, 1.54) is 48.6 Å². The average Bonchev–Trinajstić information content (AvgIpc) is 4.43. The molecule has 2 aromatic rings. The van der Waals surface area contributed by atoms with Crippen molar-refractivity contribution in [2.45, 2.75) is 192 Å². The van der Waals surface area contributed by atoms with Crippen LogP contribution >= 0.6 is 0 Å². The van der Waals surface area contributed by atoms with Crippen LogP contribution in [0.5, 0.6) is 5.75 Å². The molecule has 0 bridgehead atoms. The highest BCUT2D eigenvalue weighted by molar-refractivity contribution is 5.99. The fourth-order valence-corrected chi connectivity index (χ4v) is 9.87. The summed E-state index contributed by atoms with van der Waals surface area (Å²) in [6.07, 6.45) is 0.311. The lowest BCUT2D eigenvalue weighted by Gasteiger charge is -2.30. The minimum Gasteiger partial charge on any atom is -0.508 e. The van der Waals surface area contributed by atoms with E-state index in [0.717, 1.165) is 6.42 Å². The molecule has 0 saturated carbocycles. The van der Waals surface area contributed by atoms with Gasteiger partial charge in [0.25, 0.3) is 0 Å². The van der Waals surface area contributed by atoms with Crippen LogP contribution in [0.1, 0.15) is 124 Å². The first-order chi connectivity index (χ1) is 40.0. The van der Waals surface area contributed by atoms with E-state index in [1.54, 1.807) is 41.5 Å². The molecule has 2 fully saturated rings. The van der Waals surface area contributed by atoms with E-state index >= 15 is 0 Å². The van der Waals surface area contributed by atoms with Gasteiger partial charge >= 0.3 is 17.9 Å². The van der Waals surface area contributed by atoms with E-state index in [1.807, 2.05) is 0 Å². The van der Waals surface area contributed by atoms with Crippen molar-refractivity contribution < 1.29 is 83.1 Å². The summed E-state index contributed by atoms with van der Waals surface area (Å²) < 4.78 is 0. The van der Waals surface area contributed by atoms with Crippen LogP contribution in [0, 0.1) is 17.8 Å². The van der Waals surface area contributed by atoms with Crippen molar-refractivity contribution in [2.75, 3.05) is 13.1 Å². The largest absolute Gasteiger partial charge is 0.508 e. The van der Waals surface area contributed by atoms with E-state index in [0.29, 0.717) is 43.6 Å². The number of aromatic hydroxyl groups is 1. The van der Waals surface area contributed by atoms with Gasteiger partial charge in [-0.25, -0.2) is 9.78 Å². The fourth-order valence-electron chi connectivity index (χ4n) is 9.87. The van der Waals surface area contributed by atoms with Crippen molar-refractivity contribution in [3.8, 4) is 5.75 Å². The quantitative estimate of drug-likeness (QED) is 0.0378. The molecular weight excluding hydrogens is 1110 g/mol. The number of nitrogens with zero attached hydrogens (tertiary/aromatic N) is 2. The van der Waals surface area contributed by atoms with Crippen molar-refractivity contribution in [1.29, 1.82) is 0 Å². The van der Waals surface area contributed by atoms with Crippen LogP contribution in [0.4, 0.5) is 0 Å². The molecule has 29 heteroatoms. The number of aliphatic hydroxyl groups is 1. The Bertz CT molecular complexity index is 2650. The van der Waals surface area contributed by atoms with Gasteiger partial charge in [0.05, 0.1) is 24.9 Å². The van der Waals surface area contributed by atoms with E-state index in [9.17, 15) is 83.1 Å². The minimum atomic E-state index is -1.85. The Morgan fingerprint density at radius 3 is 1.59 bits per heavy atom. The molecule has 1 aromatic carbocycles. The van der Waals surface area contributed by atoms with Crippen LogP contribution in [0.2, 0.25) is 0 Å². The Morgan fingerprint density at radius 1 is 0.588 bits per heavy atom. The molecule has 9 amide bonds. The summed E-state index contributed by atoms with van der Waals surface area (Å²) in [4.78, 5) is 170. The molecule has 2 aliphatic rings. The zero-order valence-corrected chi connectivity index (χ0v) is 49.0.